The third-order valence-corrected chi connectivity index (χ3v) is 4.09. The molecule has 0 saturated carbocycles. The average Bonchev–Trinajstić information content (AvgIpc) is 2.53. The van der Waals surface area contributed by atoms with Gasteiger partial charge in [-0.05, 0) is 23.1 Å². The molecule has 0 saturated heterocycles. The molecule has 2 nitrogen and oxygen atoms in total. The molecule has 20 heavy (non-hydrogen) atoms. The summed E-state index contributed by atoms with van der Waals surface area (Å²) in [5.74, 6) is 0. The second-order valence-electron chi connectivity index (χ2n) is 5.39. The normalized spacial score (nSPS) is 16.6. The minimum atomic E-state index is 0.154. The number of ether oxygens (including phenoxy) is 1. The summed E-state index contributed by atoms with van der Waals surface area (Å²) in [4.78, 5) is 2.49. The molecule has 0 aromatic heterocycles. The molecule has 3 rings (SSSR count). The number of fused-ring (bicyclic) bond motifs is 1. The van der Waals surface area contributed by atoms with Crippen molar-refractivity contribution in [2.45, 2.75) is 19.1 Å². The Morgan fingerprint density at radius 2 is 1.70 bits per heavy atom. The summed E-state index contributed by atoms with van der Waals surface area (Å²) in [7, 11) is 1.80. The van der Waals surface area contributed by atoms with E-state index in [0.29, 0.717) is 0 Å². The monoisotopic (exact) mass is 267 g/mol. The standard InChI is InChI=1S/C18H21NO/c1-20-18(16-8-3-2-4-9-16)14-19-12-11-15-7-5-6-10-17(15)13-19/h2-10,18H,11-14H2,1H3. The molecule has 1 heterocycles. The van der Waals surface area contributed by atoms with E-state index in [2.05, 4.69) is 53.4 Å². The van der Waals surface area contributed by atoms with Crippen molar-refractivity contribution in [3.05, 3.63) is 71.3 Å². The van der Waals surface area contributed by atoms with E-state index in [4.69, 9.17) is 4.74 Å². The van der Waals surface area contributed by atoms with Crippen molar-refractivity contribution >= 4 is 0 Å². The summed E-state index contributed by atoms with van der Waals surface area (Å²) >= 11 is 0. The number of nitrogens with zero attached hydrogens (tertiary/aromatic N) is 1. The second-order valence-corrected chi connectivity index (χ2v) is 5.39. The van der Waals surface area contributed by atoms with Gasteiger partial charge in [0.05, 0.1) is 6.10 Å². The fourth-order valence-electron chi connectivity index (χ4n) is 2.93. The van der Waals surface area contributed by atoms with Crippen LogP contribution in [0, 0.1) is 0 Å². The predicted octanol–water partition coefficient (Wildman–Crippen LogP) is 3.43. The minimum Gasteiger partial charge on any atom is -0.375 e. The van der Waals surface area contributed by atoms with Crippen molar-refractivity contribution in [2.75, 3.05) is 20.2 Å². The highest BCUT2D eigenvalue weighted by Crippen LogP contribution is 2.23. The van der Waals surface area contributed by atoms with Gasteiger partial charge in [-0.25, -0.2) is 0 Å². The first-order valence-corrected chi connectivity index (χ1v) is 7.23. The lowest BCUT2D eigenvalue weighted by atomic mass is 9.99. The average molecular weight is 267 g/mol. The van der Waals surface area contributed by atoms with Crippen LogP contribution in [0.1, 0.15) is 22.8 Å². The molecule has 0 radical (unpaired) electrons. The molecule has 0 spiro atoms. The van der Waals surface area contributed by atoms with Crippen LogP contribution < -0.4 is 0 Å². The van der Waals surface area contributed by atoms with Gasteiger partial charge in [-0.3, -0.25) is 4.90 Å². The summed E-state index contributed by atoms with van der Waals surface area (Å²) in [5, 5.41) is 0. The Kier molecular flexibility index (Phi) is 4.14. The zero-order valence-electron chi connectivity index (χ0n) is 12.0. The lowest BCUT2D eigenvalue weighted by Crippen LogP contribution is -2.34. The van der Waals surface area contributed by atoms with E-state index in [0.717, 1.165) is 26.1 Å². The Hall–Kier alpha value is -1.64. The Balaban J connectivity index is 1.69. The summed E-state index contributed by atoms with van der Waals surface area (Å²) in [6.07, 6.45) is 1.29. The van der Waals surface area contributed by atoms with E-state index in [9.17, 15) is 0 Å². The number of methoxy groups -OCH3 is 1. The highest BCUT2D eigenvalue weighted by atomic mass is 16.5. The lowest BCUT2D eigenvalue weighted by Gasteiger charge is -2.31. The SMILES string of the molecule is COC(CN1CCc2ccccc2C1)c1ccccc1. The molecule has 2 heteroatoms. The van der Waals surface area contributed by atoms with Gasteiger partial charge in [-0.15, -0.1) is 0 Å². The van der Waals surface area contributed by atoms with E-state index in [1.54, 1.807) is 7.11 Å². The molecule has 1 aliphatic rings. The third kappa shape index (κ3) is 2.92. The molecule has 0 aliphatic carbocycles. The maximum absolute atomic E-state index is 5.69. The first kappa shape index (κ1) is 13.3. The van der Waals surface area contributed by atoms with Crippen molar-refractivity contribution in [3.63, 3.8) is 0 Å². The van der Waals surface area contributed by atoms with Crippen molar-refractivity contribution in [2.24, 2.45) is 0 Å². The molecule has 1 unspecified atom stereocenters. The Bertz CT molecular complexity index is 552. The fraction of sp³-hybridized carbons (Fsp3) is 0.333. The zero-order chi connectivity index (χ0) is 13.8. The van der Waals surface area contributed by atoms with Gasteiger partial charge in [0.15, 0.2) is 0 Å². The first-order valence-electron chi connectivity index (χ1n) is 7.23. The van der Waals surface area contributed by atoms with Crippen molar-refractivity contribution in [3.8, 4) is 0 Å². The van der Waals surface area contributed by atoms with Crippen LogP contribution in [0.2, 0.25) is 0 Å². The first-order chi connectivity index (χ1) is 9.86. The zero-order valence-corrected chi connectivity index (χ0v) is 12.0. The van der Waals surface area contributed by atoms with Crippen molar-refractivity contribution in [1.29, 1.82) is 0 Å². The molecule has 2 aromatic carbocycles. The Labute approximate surface area is 121 Å². The molecular weight excluding hydrogens is 246 g/mol. The van der Waals surface area contributed by atoms with Crippen LogP contribution in [0.15, 0.2) is 54.6 Å². The van der Waals surface area contributed by atoms with Crippen LogP contribution >= 0.6 is 0 Å². The van der Waals surface area contributed by atoms with Crippen molar-refractivity contribution in [1.82, 2.24) is 4.90 Å². The maximum Gasteiger partial charge on any atom is 0.0948 e. The largest absolute Gasteiger partial charge is 0.375 e. The quantitative estimate of drug-likeness (QED) is 0.841. The van der Waals surface area contributed by atoms with Gasteiger partial charge in [0, 0.05) is 26.7 Å². The molecule has 2 aromatic rings. The van der Waals surface area contributed by atoms with Gasteiger partial charge < -0.3 is 4.74 Å². The molecular formula is C18H21NO. The fourth-order valence-corrected chi connectivity index (χ4v) is 2.93. The van der Waals surface area contributed by atoms with Gasteiger partial charge in [0.25, 0.3) is 0 Å². The van der Waals surface area contributed by atoms with Crippen LogP contribution in [-0.4, -0.2) is 25.1 Å². The van der Waals surface area contributed by atoms with Crippen LogP contribution in [-0.2, 0) is 17.7 Å². The lowest BCUT2D eigenvalue weighted by molar-refractivity contribution is 0.0590. The van der Waals surface area contributed by atoms with E-state index in [1.807, 2.05) is 6.07 Å². The predicted molar refractivity (Wildman–Crippen MR) is 81.6 cm³/mol. The summed E-state index contributed by atoms with van der Waals surface area (Å²) in [5.41, 5.74) is 4.22. The Morgan fingerprint density at radius 3 is 2.45 bits per heavy atom. The van der Waals surface area contributed by atoms with Gasteiger partial charge >= 0.3 is 0 Å². The van der Waals surface area contributed by atoms with Crippen molar-refractivity contribution < 1.29 is 4.74 Å². The summed E-state index contributed by atoms with van der Waals surface area (Å²) < 4.78 is 5.69. The number of benzene rings is 2. The van der Waals surface area contributed by atoms with Gasteiger partial charge in [0.1, 0.15) is 0 Å². The number of hydrogen-bond acceptors (Lipinski definition) is 2. The molecule has 0 bridgehead atoms. The molecule has 0 N–H and O–H groups in total. The van der Waals surface area contributed by atoms with Crippen LogP contribution in [0.5, 0.6) is 0 Å². The van der Waals surface area contributed by atoms with E-state index < -0.39 is 0 Å². The maximum atomic E-state index is 5.69. The second kappa shape index (κ2) is 6.21. The van der Waals surface area contributed by atoms with Gasteiger partial charge in [-0.2, -0.15) is 0 Å². The number of hydrogen-bond donors (Lipinski definition) is 0. The van der Waals surface area contributed by atoms with E-state index in [-0.39, 0.29) is 6.10 Å². The van der Waals surface area contributed by atoms with Crippen LogP contribution in [0.25, 0.3) is 0 Å². The number of rotatable bonds is 4. The topological polar surface area (TPSA) is 12.5 Å². The van der Waals surface area contributed by atoms with E-state index in [1.165, 1.54) is 16.7 Å². The highest BCUT2D eigenvalue weighted by molar-refractivity contribution is 5.29. The van der Waals surface area contributed by atoms with Crippen LogP contribution in [0.3, 0.4) is 0 Å². The van der Waals surface area contributed by atoms with Gasteiger partial charge in [-0.1, -0.05) is 54.6 Å². The molecule has 1 atom stereocenters. The smallest absolute Gasteiger partial charge is 0.0948 e. The Morgan fingerprint density at radius 1 is 1.00 bits per heavy atom. The van der Waals surface area contributed by atoms with Crippen LogP contribution in [0.4, 0.5) is 0 Å². The highest BCUT2D eigenvalue weighted by Gasteiger charge is 2.20. The summed E-state index contributed by atoms with van der Waals surface area (Å²) in [6, 6.07) is 19.2. The molecule has 1 aliphatic heterocycles. The molecule has 104 valence electrons. The van der Waals surface area contributed by atoms with Gasteiger partial charge in [0.2, 0.25) is 0 Å². The summed E-state index contributed by atoms with van der Waals surface area (Å²) in [6.45, 7) is 3.10. The van der Waals surface area contributed by atoms with E-state index >= 15 is 0 Å². The third-order valence-electron chi connectivity index (χ3n) is 4.09. The molecule has 0 fully saturated rings. The minimum absolute atomic E-state index is 0.154. The molecule has 0 amide bonds.